The van der Waals surface area contributed by atoms with Gasteiger partial charge in [0, 0.05) is 38.3 Å². The summed E-state index contributed by atoms with van der Waals surface area (Å²) in [6.07, 6.45) is 8.57. The minimum atomic E-state index is 0.774. The van der Waals surface area contributed by atoms with Crippen molar-refractivity contribution < 1.29 is 0 Å². The Morgan fingerprint density at radius 2 is 1.95 bits per heavy atom. The molecule has 122 valence electrons. The molecule has 0 amide bonds. The number of nitrogens with zero attached hydrogens (tertiary/aromatic N) is 2. The number of hydrogen-bond donors (Lipinski definition) is 1. The summed E-state index contributed by atoms with van der Waals surface area (Å²) in [5.41, 5.74) is 0. The lowest BCUT2D eigenvalue weighted by Crippen LogP contribution is -2.56. The van der Waals surface area contributed by atoms with E-state index in [9.17, 15) is 0 Å². The van der Waals surface area contributed by atoms with Gasteiger partial charge in [0.1, 0.15) is 0 Å². The van der Waals surface area contributed by atoms with Crippen LogP contribution in [-0.4, -0.2) is 61.2 Å². The Balaban J connectivity index is 1.54. The van der Waals surface area contributed by atoms with Crippen molar-refractivity contribution in [1.29, 1.82) is 0 Å². The molecule has 3 rings (SSSR count). The van der Waals surface area contributed by atoms with Crippen molar-refractivity contribution in [1.82, 2.24) is 15.1 Å². The number of nitrogens with one attached hydrogen (secondary N) is 1. The zero-order valence-corrected chi connectivity index (χ0v) is 14.2. The molecule has 1 saturated carbocycles. The van der Waals surface area contributed by atoms with Crippen LogP contribution in [0.25, 0.3) is 0 Å². The van der Waals surface area contributed by atoms with Crippen LogP contribution in [0.1, 0.15) is 52.4 Å². The molecule has 0 radical (unpaired) electrons. The lowest BCUT2D eigenvalue weighted by atomic mass is 9.78. The van der Waals surface area contributed by atoms with Crippen molar-refractivity contribution in [2.24, 2.45) is 11.8 Å². The molecule has 2 saturated heterocycles. The standard InChI is InChI=1S/C18H35N3/c1-3-19-18-8-7-15(2)12-16(18)13-20-10-11-21-9-5-4-6-17(21)14-20/h15-19H,3-14H2,1-2H3. The fourth-order valence-corrected chi connectivity index (χ4v) is 4.95. The Morgan fingerprint density at radius 3 is 2.81 bits per heavy atom. The second-order valence-corrected chi connectivity index (χ2v) is 7.79. The molecule has 3 heteroatoms. The lowest BCUT2D eigenvalue weighted by Gasteiger charge is -2.46. The zero-order valence-electron chi connectivity index (χ0n) is 14.2. The fraction of sp³-hybridized carbons (Fsp3) is 1.00. The topological polar surface area (TPSA) is 18.5 Å². The van der Waals surface area contributed by atoms with Crippen molar-refractivity contribution in [2.45, 2.75) is 64.5 Å². The molecule has 1 N–H and O–H groups in total. The molecule has 21 heavy (non-hydrogen) atoms. The van der Waals surface area contributed by atoms with Gasteiger partial charge in [0.2, 0.25) is 0 Å². The normalized spacial score (nSPS) is 39.1. The summed E-state index contributed by atoms with van der Waals surface area (Å²) < 4.78 is 0. The van der Waals surface area contributed by atoms with Crippen LogP contribution in [0.15, 0.2) is 0 Å². The van der Waals surface area contributed by atoms with E-state index in [2.05, 4.69) is 29.0 Å². The Hall–Kier alpha value is -0.120. The maximum Gasteiger partial charge on any atom is 0.0223 e. The molecule has 2 aliphatic heterocycles. The highest BCUT2D eigenvalue weighted by atomic mass is 15.3. The van der Waals surface area contributed by atoms with Crippen LogP contribution >= 0.6 is 0 Å². The molecule has 3 aliphatic rings. The van der Waals surface area contributed by atoms with Crippen LogP contribution in [-0.2, 0) is 0 Å². The van der Waals surface area contributed by atoms with E-state index in [4.69, 9.17) is 0 Å². The third-order valence-corrected chi connectivity index (χ3v) is 6.13. The SMILES string of the molecule is CCNC1CCC(C)CC1CN1CCN2CCCCC2C1. The minimum absolute atomic E-state index is 0.774. The molecule has 2 heterocycles. The van der Waals surface area contributed by atoms with Crippen molar-refractivity contribution in [2.75, 3.05) is 39.3 Å². The molecule has 0 aromatic heterocycles. The summed E-state index contributed by atoms with van der Waals surface area (Å²) in [4.78, 5) is 5.55. The summed E-state index contributed by atoms with van der Waals surface area (Å²) in [7, 11) is 0. The van der Waals surface area contributed by atoms with Gasteiger partial charge in [-0.2, -0.15) is 0 Å². The molecule has 4 atom stereocenters. The Bertz CT molecular complexity index is 320. The van der Waals surface area contributed by atoms with Gasteiger partial charge in [0.05, 0.1) is 0 Å². The minimum Gasteiger partial charge on any atom is -0.314 e. The summed E-state index contributed by atoms with van der Waals surface area (Å²) in [5, 5.41) is 3.76. The zero-order chi connectivity index (χ0) is 14.7. The number of rotatable bonds is 4. The van der Waals surface area contributed by atoms with Crippen molar-refractivity contribution in [3.8, 4) is 0 Å². The van der Waals surface area contributed by atoms with Gasteiger partial charge in [0.15, 0.2) is 0 Å². The first-order valence-electron chi connectivity index (χ1n) is 9.46. The molecule has 1 aliphatic carbocycles. The van der Waals surface area contributed by atoms with Crippen LogP contribution in [0, 0.1) is 11.8 Å². The van der Waals surface area contributed by atoms with Crippen LogP contribution in [0.4, 0.5) is 0 Å². The van der Waals surface area contributed by atoms with Gasteiger partial charge >= 0.3 is 0 Å². The first kappa shape index (κ1) is 15.8. The fourth-order valence-electron chi connectivity index (χ4n) is 4.95. The van der Waals surface area contributed by atoms with Gasteiger partial charge in [0.25, 0.3) is 0 Å². The third-order valence-electron chi connectivity index (χ3n) is 6.13. The Morgan fingerprint density at radius 1 is 1.05 bits per heavy atom. The molecule has 0 spiro atoms. The number of piperidine rings is 1. The largest absolute Gasteiger partial charge is 0.314 e. The quantitative estimate of drug-likeness (QED) is 0.859. The van der Waals surface area contributed by atoms with E-state index in [1.54, 1.807) is 0 Å². The first-order chi connectivity index (χ1) is 10.3. The van der Waals surface area contributed by atoms with Crippen LogP contribution in [0.5, 0.6) is 0 Å². The lowest BCUT2D eigenvalue weighted by molar-refractivity contribution is 0.0319. The van der Waals surface area contributed by atoms with E-state index >= 15 is 0 Å². The van der Waals surface area contributed by atoms with Crippen LogP contribution in [0.3, 0.4) is 0 Å². The van der Waals surface area contributed by atoms with Crippen LogP contribution < -0.4 is 5.32 Å². The van der Waals surface area contributed by atoms with E-state index in [-0.39, 0.29) is 0 Å². The maximum absolute atomic E-state index is 3.76. The molecule has 0 aromatic rings. The number of fused-ring (bicyclic) bond motifs is 1. The monoisotopic (exact) mass is 293 g/mol. The second kappa shape index (κ2) is 7.43. The highest BCUT2D eigenvalue weighted by Crippen LogP contribution is 2.31. The molecular formula is C18H35N3. The highest BCUT2D eigenvalue weighted by molar-refractivity contribution is 4.89. The maximum atomic E-state index is 3.76. The highest BCUT2D eigenvalue weighted by Gasteiger charge is 2.33. The van der Waals surface area contributed by atoms with Crippen molar-refractivity contribution in [3.63, 3.8) is 0 Å². The summed E-state index contributed by atoms with van der Waals surface area (Å²) in [6, 6.07) is 1.64. The predicted molar refractivity (Wildman–Crippen MR) is 89.6 cm³/mol. The molecule has 3 fully saturated rings. The predicted octanol–water partition coefficient (Wildman–Crippen LogP) is 2.57. The van der Waals surface area contributed by atoms with Gasteiger partial charge in [-0.3, -0.25) is 4.90 Å². The van der Waals surface area contributed by atoms with Crippen molar-refractivity contribution >= 4 is 0 Å². The van der Waals surface area contributed by atoms with Crippen molar-refractivity contribution in [3.05, 3.63) is 0 Å². The Kier molecular flexibility index (Phi) is 5.58. The smallest absolute Gasteiger partial charge is 0.0223 e. The molecule has 3 nitrogen and oxygen atoms in total. The Labute approximate surface area is 131 Å². The molecule has 0 aromatic carbocycles. The molecule has 4 unspecified atom stereocenters. The van der Waals surface area contributed by atoms with E-state index in [1.165, 1.54) is 71.2 Å². The van der Waals surface area contributed by atoms with E-state index in [0.29, 0.717) is 0 Å². The summed E-state index contributed by atoms with van der Waals surface area (Å²) >= 11 is 0. The van der Waals surface area contributed by atoms with Gasteiger partial charge < -0.3 is 10.2 Å². The number of piperazine rings is 1. The van der Waals surface area contributed by atoms with E-state index < -0.39 is 0 Å². The average molecular weight is 293 g/mol. The van der Waals surface area contributed by atoms with E-state index in [0.717, 1.165) is 30.5 Å². The van der Waals surface area contributed by atoms with Gasteiger partial charge in [-0.1, -0.05) is 20.3 Å². The number of hydrogen-bond acceptors (Lipinski definition) is 3. The molecular weight excluding hydrogens is 258 g/mol. The van der Waals surface area contributed by atoms with E-state index in [1.807, 2.05) is 0 Å². The summed E-state index contributed by atoms with van der Waals surface area (Å²) in [5.74, 6) is 1.81. The summed E-state index contributed by atoms with van der Waals surface area (Å²) in [6.45, 7) is 12.5. The van der Waals surface area contributed by atoms with Gasteiger partial charge in [-0.05, 0) is 57.0 Å². The van der Waals surface area contributed by atoms with Crippen LogP contribution in [0.2, 0.25) is 0 Å². The van der Waals surface area contributed by atoms with Gasteiger partial charge in [-0.15, -0.1) is 0 Å². The first-order valence-corrected chi connectivity index (χ1v) is 9.46. The third kappa shape index (κ3) is 4.00. The molecule has 0 bridgehead atoms. The average Bonchev–Trinajstić information content (AvgIpc) is 2.50. The van der Waals surface area contributed by atoms with Gasteiger partial charge in [-0.25, -0.2) is 0 Å². The second-order valence-electron chi connectivity index (χ2n) is 7.79.